The molecule has 2 heterocycles. The molecule has 0 aliphatic carbocycles. The Morgan fingerprint density at radius 3 is 2.29 bits per heavy atom. The first-order valence-corrected chi connectivity index (χ1v) is 7.50. The summed E-state index contributed by atoms with van der Waals surface area (Å²) in [5.41, 5.74) is 0. The van der Waals surface area contributed by atoms with Crippen LogP contribution >= 0.6 is 0 Å². The van der Waals surface area contributed by atoms with E-state index in [4.69, 9.17) is 9.47 Å². The summed E-state index contributed by atoms with van der Waals surface area (Å²) in [7, 11) is 3.80. The van der Waals surface area contributed by atoms with Gasteiger partial charge in [-0.2, -0.15) is 0 Å². The molecule has 0 aromatic heterocycles. The quantitative estimate of drug-likeness (QED) is 0.929. The number of methoxy groups -OCH3 is 1. The summed E-state index contributed by atoms with van der Waals surface area (Å²) in [6.07, 6.45) is 4.16. The molecule has 2 saturated heterocycles. The number of nitrogens with one attached hydrogen (secondary N) is 1. The molecule has 3 rings (SSSR count). The van der Waals surface area contributed by atoms with Gasteiger partial charge >= 0.3 is 6.09 Å². The zero-order valence-electron chi connectivity index (χ0n) is 12.5. The maximum Gasteiger partial charge on any atom is 0.412 e. The second-order valence-electron chi connectivity index (χ2n) is 5.93. The zero-order chi connectivity index (χ0) is 14.8. The number of amides is 1. The number of carbonyl (C=O) groups is 1. The van der Waals surface area contributed by atoms with Crippen molar-refractivity contribution in [3.63, 3.8) is 0 Å². The zero-order valence-corrected chi connectivity index (χ0v) is 12.5. The normalized spacial score (nSPS) is 28.2. The number of hydrogen-bond acceptors (Lipinski definition) is 4. The highest BCUT2D eigenvalue weighted by Crippen LogP contribution is 2.34. The largest absolute Gasteiger partial charge is 0.497 e. The van der Waals surface area contributed by atoms with E-state index in [1.165, 1.54) is 12.8 Å². The van der Waals surface area contributed by atoms with Gasteiger partial charge in [-0.15, -0.1) is 0 Å². The second-order valence-corrected chi connectivity index (χ2v) is 5.93. The van der Waals surface area contributed by atoms with E-state index in [9.17, 15) is 4.79 Å². The van der Waals surface area contributed by atoms with Crippen molar-refractivity contribution in [3.8, 4) is 11.5 Å². The number of piperidine rings is 1. The smallest absolute Gasteiger partial charge is 0.412 e. The predicted molar refractivity (Wildman–Crippen MR) is 79.7 cm³/mol. The minimum atomic E-state index is -0.367. The summed E-state index contributed by atoms with van der Waals surface area (Å²) in [5, 5.41) is 3.00. The molecule has 2 fully saturated rings. The number of rotatable bonds is 3. The number of fused-ring (bicyclic) bond motifs is 2. The van der Waals surface area contributed by atoms with E-state index < -0.39 is 0 Å². The average Bonchev–Trinajstić information content (AvgIpc) is 2.70. The lowest BCUT2D eigenvalue weighted by Gasteiger charge is -2.36. The molecular weight excluding hydrogens is 268 g/mol. The lowest BCUT2D eigenvalue weighted by Crippen LogP contribution is -2.49. The van der Waals surface area contributed by atoms with Gasteiger partial charge < -0.3 is 19.7 Å². The Bertz CT molecular complexity index is 489. The maximum atomic E-state index is 12.0. The molecule has 114 valence electrons. The Labute approximate surface area is 125 Å². The molecule has 1 aromatic carbocycles. The van der Waals surface area contributed by atoms with Gasteiger partial charge in [0.2, 0.25) is 0 Å². The van der Waals surface area contributed by atoms with Crippen LogP contribution in [0.5, 0.6) is 11.5 Å². The minimum absolute atomic E-state index is 0.226. The summed E-state index contributed by atoms with van der Waals surface area (Å²) in [4.78, 5) is 14.4. The van der Waals surface area contributed by atoms with Crippen LogP contribution in [-0.4, -0.2) is 43.3 Å². The number of carbonyl (C=O) groups excluding carboxylic acids is 1. The monoisotopic (exact) mass is 290 g/mol. The van der Waals surface area contributed by atoms with Crippen molar-refractivity contribution < 1.29 is 14.3 Å². The number of ether oxygens (including phenoxy) is 2. The van der Waals surface area contributed by atoms with Gasteiger partial charge in [-0.25, -0.2) is 4.79 Å². The van der Waals surface area contributed by atoms with Gasteiger partial charge in [-0.05, 0) is 57.0 Å². The summed E-state index contributed by atoms with van der Waals surface area (Å²) < 4.78 is 10.4. The molecule has 5 nitrogen and oxygen atoms in total. The second kappa shape index (κ2) is 5.93. The summed E-state index contributed by atoms with van der Waals surface area (Å²) in [6, 6.07) is 8.46. The highest BCUT2D eigenvalue weighted by molar-refractivity contribution is 5.70. The summed E-state index contributed by atoms with van der Waals surface area (Å²) in [5.74, 6) is 1.28. The van der Waals surface area contributed by atoms with Crippen molar-refractivity contribution >= 4 is 6.09 Å². The molecular formula is C16H22N2O3. The molecule has 5 heteroatoms. The van der Waals surface area contributed by atoms with Crippen LogP contribution in [0.3, 0.4) is 0 Å². The standard InChI is InChI=1S/C16H22N2O3/c1-18-12-3-4-13(18)10-11(9-12)17-16(19)21-15-7-5-14(20-2)6-8-15/h5-8,11-13H,3-4,9-10H2,1-2H3,(H,17,19)/t11?,12-,13+. The van der Waals surface area contributed by atoms with Gasteiger partial charge in [-0.3, -0.25) is 0 Å². The number of nitrogens with zero attached hydrogens (tertiary/aromatic N) is 1. The molecule has 1 amide bonds. The van der Waals surface area contributed by atoms with Gasteiger partial charge in [0.1, 0.15) is 11.5 Å². The first-order chi connectivity index (χ1) is 10.2. The lowest BCUT2D eigenvalue weighted by molar-refractivity contribution is 0.141. The molecule has 2 aliphatic rings. The number of benzene rings is 1. The Balaban J connectivity index is 1.52. The fourth-order valence-corrected chi connectivity index (χ4v) is 3.48. The molecule has 1 aromatic rings. The molecule has 1 N–H and O–H groups in total. The first-order valence-electron chi connectivity index (χ1n) is 7.50. The van der Waals surface area contributed by atoms with Gasteiger partial charge in [0.05, 0.1) is 7.11 Å². The van der Waals surface area contributed by atoms with Crippen LogP contribution in [-0.2, 0) is 0 Å². The van der Waals surface area contributed by atoms with Crippen molar-refractivity contribution in [1.29, 1.82) is 0 Å². The highest BCUT2D eigenvalue weighted by atomic mass is 16.6. The lowest BCUT2D eigenvalue weighted by atomic mass is 9.98. The van der Waals surface area contributed by atoms with Crippen LogP contribution in [0.1, 0.15) is 25.7 Å². The van der Waals surface area contributed by atoms with Gasteiger partial charge in [0, 0.05) is 18.1 Å². The van der Waals surface area contributed by atoms with E-state index in [1.54, 1.807) is 31.4 Å². The van der Waals surface area contributed by atoms with Crippen molar-refractivity contribution in [1.82, 2.24) is 10.2 Å². The third-order valence-corrected chi connectivity index (χ3v) is 4.69. The highest BCUT2D eigenvalue weighted by Gasteiger charge is 2.38. The number of hydrogen-bond donors (Lipinski definition) is 1. The first kappa shape index (κ1) is 14.2. The van der Waals surface area contributed by atoms with E-state index >= 15 is 0 Å². The Kier molecular flexibility index (Phi) is 4.01. The topological polar surface area (TPSA) is 50.8 Å². The third-order valence-electron chi connectivity index (χ3n) is 4.69. The summed E-state index contributed by atoms with van der Waals surface area (Å²) in [6.45, 7) is 0. The van der Waals surface area contributed by atoms with Crippen LogP contribution in [0.25, 0.3) is 0 Å². The summed E-state index contributed by atoms with van der Waals surface area (Å²) >= 11 is 0. The van der Waals surface area contributed by atoms with Crippen LogP contribution < -0.4 is 14.8 Å². The fourth-order valence-electron chi connectivity index (χ4n) is 3.48. The van der Waals surface area contributed by atoms with Crippen molar-refractivity contribution in [2.75, 3.05) is 14.2 Å². The van der Waals surface area contributed by atoms with E-state index in [1.807, 2.05) is 0 Å². The van der Waals surface area contributed by atoms with E-state index in [2.05, 4.69) is 17.3 Å². The van der Waals surface area contributed by atoms with Crippen LogP contribution in [0.15, 0.2) is 24.3 Å². The van der Waals surface area contributed by atoms with Crippen LogP contribution in [0, 0.1) is 0 Å². The molecule has 21 heavy (non-hydrogen) atoms. The molecule has 0 radical (unpaired) electrons. The average molecular weight is 290 g/mol. The van der Waals surface area contributed by atoms with E-state index in [0.29, 0.717) is 17.8 Å². The Hall–Kier alpha value is -1.75. The van der Waals surface area contributed by atoms with E-state index in [0.717, 1.165) is 18.6 Å². The maximum absolute atomic E-state index is 12.0. The predicted octanol–water partition coefficient (Wildman–Crippen LogP) is 2.41. The molecule has 1 unspecified atom stereocenters. The molecule has 0 spiro atoms. The third kappa shape index (κ3) is 3.13. The SMILES string of the molecule is COc1ccc(OC(=O)NC2C[C@H]3CC[C@@H](C2)N3C)cc1. The van der Waals surface area contributed by atoms with Gasteiger partial charge in [0.15, 0.2) is 0 Å². The van der Waals surface area contributed by atoms with Gasteiger partial charge in [0.25, 0.3) is 0 Å². The van der Waals surface area contributed by atoms with Crippen molar-refractivity contribution in [3.05, 3.63) is 24.3 Å². The minimum Gasteiger partial charge on any atom is -0.497 e. The van der Waals surface area contributed by atoms with Gasteiger partial charge in [-0.1, -0.05) is 0 Å². The Morgan fingerprint density at radius 1 is 1.14 bits per heavy atom. The van der Waals surface area contributed by atoms with Crippen molar-refractivity contribution in [2.24, 2.45) is 0 Å². The molecule has 3 atom stereocenters. The van der Waals surface area contributed by atoms with Crippen molar-refractivity contribution in [2.45, 2.75) is 43.8 Å². The van der Waals surface area contributed by atoms with Crippen LogP contribution in [0.2, 0.25) is 0 Å². The van der Waals surface area contributed by atoms with Crippen LogP contribution in [0.4, 0.5) is 4.79 Å². The Morgan fingerprint density at radius 2 is 1.71 bits per heavy atom. The molecule has 2 aliphatic heterocycles. The fraction of sp³-hybridized carbons (Fsp3) is 0.562. The molecule has 2 bridgehead atoms. The molecule has 0 saturated carbocycles. The van der Waals surface area contributed by atoms with E-state index in [-0.39, 0.29) is 12.1 Å².